The van der Waals surface area contributed by atoms with Gasteiger partial charge in [-0.3, -0.25) is 14.6 Å². The van der Waals surface area contributed by atoms with Gasteiger partial charge in [-0.1, -0.05) is 0 Å². The molecular weight excluding hydrogens is 733 g/mol. The van der Waals surface area contributed by atoms with Crippen molar-refractivity contribution in [2.24, 2.45) is 5.41 Å². The average molecular weight is 786 g/mol. The minimum absolute atomic E-state index is 0.219. The Morgan fingerprint density at radius 1 is 0.895 bits per heavy atom. The van der Waals surface area contributed by atoms with Crippen LogP contribution in [0.25, 0.3) is 10.9 Å². The second-order valence-electron chi connectivity index (χ2n) is 15.4. The number of carbonyl (C=O) groups is 3. The summed E-state index contributed by atoms with van der Waals surface area (Å²) < 4.78 is 42.6. The van der Waals surface area contributed by atoms with Crippen LogP contribution in [0.1, 0.15) is 58.4 Å². The molecule has 13 nitrogen and oxygen atoms in total. The number of benzene rings is 3. The average Bonchev–Trinajstić information content (AvgIpc) is 4.00. The smallest absolute Gasteiger partial charge is 0.407 e. The number of halogens is 1. The van der Waals surface area contributed by atoms with Gasteiger partial charge in [0.15, 0.2) is 0 Å². The zero-order valence-corrected chi connectivity index (χ0v) is 33.0. The van der Waals surface area contributed by atoms with E-state index >= 15 is 0 Å². The highest BCUT2D eigenvalue weighted by Gasteiger charge is 2.56. The number of alkyl carbamates (subject to hydrolysis) is 1. The van der Waals surface area contributed by atoms with Gasteiger partial charge in [-0.15, -0.1) is 0 Å². The van der Waals surface area contributed by atoms with Crippen molar-refractivity contribution < 1.29 is 42.5 Å². The highest BCUT2D eigenvalue weighted by atomic mass is 19.1. The molecule has 2 heterocycles. The molecule has 1 aliphatic carbocycles. The number of amides is 3. The SMILES string of the molecule is COc1cc2c(Oc3ccc(NC(=O)C4(C(=O)Nc5ccc(F)cc5)CC4)cc3)ccnc2cc1COCCN1CCC(OCCCNC(=O)OC(C)(C)C)CC1. The molecule has 57 heavy (non-hydrogen) atoms. The normalized spacial score (nSPS) is 15.5. The third kappa shape index (κ3) is 11.6. The van der Waals surface area contributed by atoms with Crippen molar-refractivity contribution in [2.45, 2.75) is 71.2 Å². The highest BCUT2D eigenvalue weighted by molar-refractivity contribution is 6.16. The van der Waals surface area contributed by atoms with Gasteiger partial charge in [-0.25, -0.2) is 9.18 Å². The van der Waals surface area contributed by atoms with E-state index in [0.717, 1.165) is 55.4 Å². The summed E-state index contributed by atoms with van der Waals surface area (Å²) in [7, 11) is 1.62. The largest absolute Gasteiger partial charge is 0.496 e. The first-order valence-electron chi connectivity index (χ1n) is 19.4. The van der Waals surface area contributed by atoms with Gasteiger partial charge in [0.25, 0.3) is 0 Å². The van der Waals surface area contributed by atoms with Crippen molar-refractivity contribution in [3.8, 4) is 17.2 Å². The number of aromatic nitrogens is 1. The lowest BCUT2D eigenvalue weighted by Crippen LogP contribution is -2.39. The van der Waals surface area contributed by atoms with E-state index in [1.807, 2.05) is 32.9 Å². The van der Waals surface area contributed by atoms with E-state index < -0.39 is 34.7 Å². The first-order chi connectivity index (χ1) is 27.4. The summed E-state index contributed by atoms with van der Waals surface area (Å²) in [6.07, 6.45) is 5.00. The van der Waals surface area contributed by atoms with Crippen LogP contribution in [0.2, 0.25) is 0 Å². The number of nitrogens with zero attached hydrogens (tertiary/aromatic N) is 2. The molecule has 0 unspecified atom stereocenters. The molecule has 1 saturated heterocycles. The predicted octanol–water partition coefficient (Wildman–Crippen LogP) is 7.44. The minimum atomic E-state index is -1.16. The van der Waals surface area contributed by atoms with Crippen molar-refractivity contribution in [3.05, 3.63) is 84.3 Å². The molecular formula is C43H52FN5O8. The zero-order valence-electron chi connectivity index (χ0n) is 33.0. The number of likely N-dealkylation sites (tertiary alicyclic amines) is 1. The monoisotopic (exact) mass is 785 g/mol. The van der Waals surface area contributed by atoms with E-state index in [9.17, 15) is 18.8 Å². The lowest BCUT2D eigenvalue weighted by molar-refractivity contribution is -0.131. The van der Waals surface area contributed by atoms with E-state index in [2.05, 4.69) is 25.8 Å². The lowest BCUT2D eigenvalue weighted by Gasteiger charge is -2.31. The number of rotatable bonds is 17. The summed E-state index contributed by atoms with van der Waals surface area (Å²) in [6.45, 7) is 10.3. The Kier molecular flexibility index (Phi) is 13.6. The molecule has 0 radical (unpaired) electrons. The molecule has 304 valence electrons. The fraction of sp³-hybridized carbons (Fsp3) is 0.442. The van der Waals surface area contributed by atoms with Crippen LogP contribution in [0.4, 0.5) is 20.6 Å². The van der Waals surface area contributed by atoms with Gasteiger partial charge < -0.3 is 44.5 Å². The van der Waals surface area contributed by atoms with Crippen LogP contribution in [0.15, 0.2) is 72.9 Å². The number of piperidine rings is 1. The summed E-state index contributed by atoms with van der Waals surface area (Å²) in [5.74, 6) is 0.575. The third-order valence-electron chi connectivity index (χ3n) is 9.85. The molecule has 1 aliphatic heterocycles. The van der Waals surface area contributed by atoms with Crippen LogP contribution in [-0.2, 0) is 30.4 Å². The van der Waals surface area contributed by atoms with Crippen LogP contribution in [0, 0.1) is 11.2 Å². The van der Waals surface area contributed by atoms with Gasteiger partial charge in [0.05, 0.1) is 31.9 Å². The van der Waals surface area contributed by atoms with Crippen LogP contribution >= 0.6 is 0 Å². The highest BCUT2D eigenvalue weighted by Crippen LogP contribution is 2.47. The van der Waals surface area contributed by atoms with Crippen LogP contribution in [0.3, 0.4) is 0 Å². The Morgan fingerprint density at radius 3 is 2.19 bits per heavy atom. The molecule has 1 saturated carbocycles. The molecule has 1 aromatic heterocycles. The summed E-state index contributed by atoms with van der Waals surface area (Å²) in [6, 6.07) is 18.0. The summed E-state index contributed by atoms with van der Waals surface area (Å²) in [5.41, 5.74) is 0.888. The first kappa shape index (κ1) is 41.3. The van der Waals surface area contributed by atoms with Crippen molar-refractivity contribution >= 4 is 40.2 Å². The predicted molar refractivity (Wildman–Crippen MR) is 214 cm³/mol. The molecule has 0 atom stereocenters. The van der Waals surface area contributed by atoms with E-state index in [0.29, 0.717) is 67.8 Å². The van der Waals surface area contributed by atoms with E-state index in [1.54, 1.807) is 43.6 Å². The maximum absolute atomic E-state index is 13.3. The molecule has 6 rings (SSSR count). The van der Waals surface area contributed by atoms with Crippen LogP contribution < -0.4 is 25.4 Å². The minimum Gasteiger partial charge on any atom is -0.496 e. The van der Waals surface area contributed by atoms with Gasteiger partial charge in [0.1, 0.15) is 34.1 Å². The van der Waals surface area contributed by atoms with Crippen molar-refractivity contribution in [3.63, 3.8) is 0 Å². The molecule has 4 aromatic rings. The van der Waals surface area contributed by atoms with Gasteiger partial charge in [0.2, 0.25) is 11.8 Å². The molecule has 14 heteroatoms. The fourth-order valence-electron chi connectivity index (χ4n) is 6.53. The van der Waals surface area contributed by atoms with Crippen molar-refractivity contribution in [2.75, 3.05) is 57.1 Å². The quantitative estimate of drug-likeness (QED) is 0.0728. The van der Waals surface area contributed by atoms with Crippen LogP contribution in [-0.4, -0.2) is 86.0 Å². The standard InChI is InChI=1S/C43H52FN5O8/c1-42(2,3)57-41(52)46-19-5-24-55-33-15-21-49(22-16-33)23-25-54-28-29-26-36-35(27-38(29)53-4)37(14-20-45-36)56-34-12-10-32(11-13-34)48-40(51)43(17-18-43)39(50)47-31-8-6-30(44)7-9-31/h6-14,20,26-27,33H,5,15-19,21-25,28H2,1-4H3,(H,46,52)(H,47,50)(H,48,51). The molecule has 0 spiro atoms. The Hall–Kier alpha value is -5.31. The molecule has 3 aromatic carbocycles. The number of ether oxygens (including phenoxy) is 5. The van der Waals surface area contributed by atoms with Crippen molar-refractivity contribution in [1.29, 1.82) is 0 Å². The second-order valence-corrected chi connectivity index (χ2v) is 15.4. The Morgan fingerprint density at radius 2 is 1.56 bits per heavy atom. The number of nitrogens with one attached hydrogen (secondary N) is 3. The van der Waals surface area contributed by atoms with Gasteiger partial charge in [-0.2, -0.15) is 0 Å². The van der Waals surface area contributed by atoms with Gasteiger partial charge in [-0.05, 0) is 120 Å². The van der Waals surface area contributed by atoms with Gasteiger partial charge in [0, 0.05) is 61.3 Å². The molecule has 3 N–H and O–H groups in total. The Balaban J connectivity index is 0.934. The summed E-state index contributed by atoms with van der Waals surface area (Å²) in [4.78, 5) is 44.8. The van der Waals surface area contributed by atoms with E-state index in [-0.39, 0.29) is 6.10 Å². The number of hydrogen-bond donors (Lipinski definition) is 3. The molecule has 2 aliphatic rings. The first-order valence-corrected chi connectivity index (χ1v) is 19.4. The molecule has 0 bridgehead atoms. The Labute approximate surface area is 332 Å². The second kappa shape index (κ2) is 18.8. The number of hydrogen-bond acceptors (Lipinski definition) is 10. The van der Waals surface area contributed by atoms with E-state index in [4.69, 9.17) is 23.7 Å². The maximum atomic E-state index is 13.3. The van der Waals surface area contributed by atoms with Crippen molar-refractivity contribution in [1.82, 2.24) is 15.2 Å². The van der Waals surface area contributed by atoms with E-state index in [1.165, 1.54) is 24.3 Å². The zero-order chi connectivity index (χ0) is 40.4. The topological polar surface area (TPSA) is 150 Å². The summed E-state index contributed by atoms with van der Waals surface area (Å²) >= 11 is 0. The third-order valence-corrected chi connectivity index (χ3v) is 9.85. The number of fused-ring (bicyclic) bond motifs is 1. The lowest BCUT2D eigenvalue weighted by atomic mass is 10.0. The number of methoxy groups -OCH3 is 1. The van der Waals surface area contributed by atoms with Gasteiger partial charge >= 0.3 is 6.09 Å². The summed E-state index contributed by atoms with van der Waals surface area (Å²) in [5, 5.41) is 9.10. The van der Waals surface area contributed by atoms with Crippen LogP contribution in [0.5, 0.6) is 17.2 Å². The molecule has 3 amide bonds. The molecule has 2 fully saturated rings. The number of carbonyl (C=O) groups excluding carboxylic acids is 3. The number of pyridine rings is 1. The maximum Gasteiger partial charge on any atom is 0.407 e. The Bertz CT molecular complexity index is 1990. The fourth-order valence-corrected chi connectivity index (χ4v) is 6.53. The number of anilines is 2.